The summed E-state index contributed by atoms with van der Waals surface area (Å²) in [4.78, 5) is 11.9. The molecule has 1 aliphatic rings. The van der Waals surface area contributed by atoms with Gasteiger partial charge in [-0.25, -0.2) is 4.79 Å². The van der Waals surface area contributed by atoms with E-state index in [1.165, 1.54) is 0 Å². The van der Waals surface area contributed by atoms with Crippen molar-refractivity contribution in [2.45, 2.75) is 6.92 Å². The maximum atomic E-state index is 11.9. The smallest absolute Gasteiger partial charge is 0.374 e. The fourth-order valence-electron chi connectivity index (χ4n) is 2.38. The van der Waals surface area contributed by atoms with Gasteiger partial charge in [0.1, 0.15) is 11.5 Å². The van der Waals surface area contributed by atoms with E-state index in [9.17, 15) is 4.79 Å². The van der Waals surface area contributed by atoms with Crippen molar-refractivity contribution in [1.29, 1.82) is 0 Å². The quantitative estimate of drug-likeness (QED) is 0.789. The van der Waals surface area contributed by atoms with E-state index >= 15 is 0 Å². The number of halogens is 1. The first-order valence-corrected chi connectivity index (χ1v) is 7.31. The van der Waals surface area contributed by atoms with E-state index in [0.717, 1.165) is 26.6 Å². The Morgan fingerprint density at radius 3 is 2.81 bits per heavy atom. The Kier molecular flexibility index (Phi) is 3.59. The number of methoxy groups -OCH3 is 1. The summed E-state index contributed by atoms with van der Waals surface area (Å²) in [5, 5.41) is 1.85. The highest BCUT2D eigenvalue weighted by Gasteiger charge is 2.23. The van der Waals surface area contributed by atoms with Gasteiger partial charge >= 0.3 is 5.97 Å². The molecular weight excluding hydrogens is 336 g/mol. The standard InChI is InChI=1S/C16H13BrO4/c1-3-20-16(18)14-8-10-11(17)5-4-9-12(19-2)6-7-13(21-14)15(9)10/h4-8H,3H2,1-2H3. The van der Waals surface area contributed by atoms with Crippen LogP contribution in [0.2, 0.25) is 0 Å². The molecule has 1 aliphatic heterocycles. The number of esters is 1. The molecule has 0 radical (unpaired) electrons. The highest BCUT2D eigenvalue weighted by Crippen LogP contribution is 2.42. The Balaban J connectivity index is 2.24. The lowest BCUT2D eigenvalue weighted by molar-refractivity contribution is -0.140. The van der Waals surface area contributed by atoms with Crippen LogP contribution in [0.1, 0.15) is 12.5 Å². The van der Waals surface area contributed by atoms with Gasteiger partial charge in [0.2, 0.25) is 5.76 Å². The van der Waals surface area contributed by atoms with Crippen molar-refractivity contribution >= 4 is 38.7 Å². The molecule has 1 heterocycles. The summed E-state index contributed by atoms with van der Waals surface area (Å²) in [5.74, 6) is 1.09. The van der Waals surface area contributed by atoms with Gasteiger partial charge in [-0.15, -0.1) is 0 Å². The molecule has 0 atom stereocenters. The molecule has 0 amide bonds. The molecule has 0 fully saturated rings. The molecule has 4 nitrogen and oxygen atoms in total. The minimum atomic E-state index is -0.470. The lowest BCUT2D eigenvalue weighted by atomic mass is 10.0. The first-order valence-electron chi connectivity index (χ1n) is 6.51. The number of carbonyl (C=O) groups excluding carboxylic acids is 1. The van der Waals surface area contributed by atoms with Crippen LogP contribution in [0.5, 0.6) is 11.5 Å². The second-order valence-electron chi connectivity index (χ2n) is 4.48. The predicted molar refractivity (Wildman–Crippen MR) is 83.4 cm³/mol. The fraction of sp³-hybridized carbons (Fsp3) is 0.188. The van der Waals surface area contributed by atoms with Crippen LogP contribution in [-0.4, -0.2) is 19.7 Å². The number of benzene rings is 2. The van der Waals surface area contributed by atoms with Crippen LogP contribution in [0.4, 0.5) is 0 Å². The minimum absolute atomic E-state index is 0.183. The molecule has 0 aromatic heterocycles. The van der Waals surface area contributed by atoms with Crippen molar-refractivity contribution in [1.82, 2.24) is 0 Å². The summed E-state index contributed by atoms with van der Waals surface area (Å²) in [6, 6.07) is 7.50. The van der Waals surface area contributed by atoms with Crippen LogP contribution in [0.15, 0.2) is 34.5 Å². The van der Waals surface area contributed by atoms with Crippen LogP contribution in [0, 0.1) is 0 Å². The number of carbonyl (C=O) groups is 1. The molecule has 0 saturated carbocycles. The van der Waals surface area contributed by atoms with E-state index in [-0.39, 0.29) is 5.76 Å². The van der Waals surface area contributed by atoms with Gasteiger partial charge in [-0.3, -0.25) is 0 Å². The van der Waals surface area contributed by atoms with Gasteiger partial charge in [0.15, 0.2) is 0 Å². The third-order valence-corrected chi connectivity index (χ3v) is 3.97. The zero-order valence-corrected chi connectivity index (χ0v) is 13.2. The van der Waals surface area contributed by atoms with Crippen molar-refractivity contribution in [2.75, 3.05) is 13.7 Å². The topological polar surface area (TPSA) is 44.8 Å². The Morgan fingerprint density at radius 2 is 2.10 bits per heavy atom. The van der Waals surface area contributed by atoms with Gasteiger partial charge < -0.3 is 14.2 Å². The Hall–Kier alpha value is -2.01. The molecular formula is C16H13BrO4. The Bertz CT molecular complexity index is 764. The monoisotopic (exact) mass is 348 g/mol. The molecule has 5 heteroatoms. The highest BCUT2D eigenvalue weighted by atomic mass is 79.9. The van der Waals surface area contributed by atoms with Crippen LogP contribution < -0.4 is 9.47 Å². The highest BCUT2D eigenvalue weighted by molar-refractivity contribution is 9.10. The van der Waals surface area contributed by atoms with E-state index in [1.54, 1.807) is 26.2 Å². The van der Waals surface area contributed by atoms with Crippen LogP contribution in [0.25, 0.3) is 16.8 Å². The number of rotatable bonds is 3. The zero-order valence-electron chi connectivity index (χ0n) is 11.6. The third-order valence-electron chi connectivity index (χ3n) is 3.28. The molecule has 0 unspecified atom stereocenters. The van der Waals surface area contributed by atoms with Crippen molar-refractivity contribution < 1.29 is 19.0 Å². The number of hydrogen-bond acceptors (Lipinski definition) is 4. The van der Waals surface area contributed by atoms with Gasteiger partial charge in [0, 0.05) is 20.8 Å². The predicted octanol–water partition coefficient (Wildman–Crippen LogP) is 3.91. The number of ether oxygens (including phenoxy) is 3. The molecule has 2 aromatic rings. The lowest BCUT2D eigenvalue weighted by Crippen LogP contribution is -2.15. The fourth-order valence-corrected chi connectivity index (χ4v) is 2.82. The molecule has 2 aromatic carbocycles. The van der Waals surface area contributed by atoms with Gasteiger partial charge in [-0.1, -0.05) is 15.9 Å². The molecule has 0 N–H and O–H groups in total. The average Bonchev–Trinajstić information content (AvgIpc) is 2.50. The molecule has 0 aliphatic carbocycles. The summed E-state index contributed by atoms with van der Waals surface area (Å²) >= 11 is 3.51. The summed E-state index contributed by atoms with van der Waals surface area (Å²) in [5.41, 5.74) is 0.885. The maximum absolute atomic E-state index is 11.9. The van der Waals surface area contributed by atoms with E-state index in [1.807, 2.05) is 18.2 Å². The largest absolute Gasteiger partial charge is 0.496 e. The number of hydrogen-bond donors (Lipinski definition) is 0. The summed E-state index contributed by atoms with van der Waals surface area (Å²) < 4.78 is 16.9. The van der Waals surface area contributed by atoms with Gasteiger partial charge in [-0.2, -0.15) is 0 Å². The first-order chi connectivity index (χ1) is 10.2. The normalized spacial score (nSPS) is 12.6. The van der Waals surface area contributed by atoms with E-state index in [2.05, 4.69) is 15.9 Å². The van der Waals surface area contributed by atoms with E-state index < -0.39 is 5.97 Å². The molecule has 21 heavy (non-hydrogen) atoms. The van der Waals surface area contributed by atoms with Crippen LogP contribution >= 0.6 is 15.9 Å². The molecule has 0 bridgehead atoms. The average molecular weight is 349 g/mol. The van der Waals surface area contributed by atoms with Gasteiger partial charge in [0.05, 0.1) is 13.7 Å². The van der Waals surface area contributed by atoms with E-state index in [0.29, 0.717) is 12.4 Å². The van der Waals surface area contributed by atoms with Crippen LogP contribution in [-0.2, 0) is 9.53 Å². The second-order valence-corrected chi connectivity index (χ2v) is 5.34. The van der Waals surface area contributed by atoms with Crippen molar-refractivity contribution in [3.8, 4) is 11.5 Å². The first kappa shape index (κ1) is 13.9. The molecule has 108 valence electrons. The summed E-state index contributed by atoms with van der Waals surface area (Å²) in [6.45, 7) is 2.07. The molecule has 3 rings (SSSR count). The van der Waals surface area contributed by atoms with Crippen molar-refractivity contribution in [3.05, 3.63) is 40.1 Å². The Labute approximate surface area is 130 Å². The zero-order chi connectivity index (χ0) is 15.0. The summed E-state index contributed by atoms with van der Waals surface area (Å²) in [7, 11) is 1.63. The Morgan fingerprint density at radius 1 is 1.29 bits per heavy atom. The van der Waals surface area contributed by atoms with E-state index in [4.69, 9.17) is 14.2 Å². The van der Waals surface area contributed by atoms with Crippen molar-refractivity contribution in [2.24, 2.45) is 0 Å². The maximum Gasteiger partial charge on any atom is 0.374 e. The van der Waals surface area contributed by atoms with Gasteiger partial charge in [0.25, 0.3) is 0 Å². The SMILES string of the molecule is CCOC(=O)C1=Cc2c(Br)ccc3c(OC)ccc(c23)O1. The lowest BCUT2D eigenvalue weighted by Gasteiger charge is -2.20. The second kappa shape index (κ2) is 5.41. The summed E-state index contributed by atoms with van der Waals surface area (Å²) in [6.07, 6.45) is 1.69. The third kappa shape index (κ3) is 2.27. The minimum Gasteiger partial charge on any atom is -0.496 e. The molecule has 0 spiro atoms. The molecule has 0 saturated heterocycles. The van der Waals surface area contributed by atoms with Gasteiger partial charge in [-0.05, 0) is 37.3 Å². The van der Waals surface area contributed by atoms with Crippen molar-refractivity contribution in [3.63, 3.8) is 0 Å². The van der Waals surface area contributed by atoms with Crippen LogP contribution in [0.3, 0.4) is 0 Å².